The molecule has 1 unspecified atom stereocenters. The van der Waals surface area contributed by atoms with Crippen LogP contribution in [0.25, 0.3) is 0 Å². The predicted molar refractivity (Wildman–Crippen MR) is 127 cm³/mol. The fourth-order valence-electron chi connectivity index (χ4n) is 4.69. The third-order valence-electron chi connectivity index (χ3n) is 6.49. The molecule has 1 aromatic carbocycles. The van der Waals surface area contributed by atoms with Gasteiger partial charge in [0.25, 0.3) is 11.8 Å². The number of nitrogens with one attached hydrogen (secondary N) is 2. The van der Waals surface area contributed by atoms with E-state index in [9.17, 15) is 28.8 Å². The van der Waals surface area contributed by atoms with Crippen LogP contribution in [0.15, 0.2) is 18.2 Å². The van der Waals surface area contributed by atoms with Gasteiger partial charge in [0.05, 0.1) is 23.6 Å². The maximum absolute atomic E-state index is 13.2. The van der Waals surface area contributed by atoms with Gasteiger partial charge in [-0.15, -0.1) is 0 Å². The lowest BCUT2D eigenvalue weighted by Crippen LogP contribution is -2.54. The van der Waals surface area contributed by atoms with Crippen molar-refractivity contribution in [2.75, 3.05) is 25.0 Å². The summed E-state index contributed by atoms with van der Waals surface area (Å²) in [4.78, 5) is 77.5. The zero-order valence-corrected chi connectivity index (χ0v) is 20.6. The van der Waals surface area contributed by atoms with Crippen LogP contribution in [0.5, 0.6) is 0 Å². The molecule has 1 aromatic rings. The quantitative estimate of drug-likeness (QED) is 0.454. The molecule has 3 heterocycles. The number of carbonyl (C=O) groups is 6. The number of esters is 1. The van der Waals surface area contributed by atoms with E-state index in [2.05, 4.69) is 10.6 Å². The van der Waals surface area contributed by atoms with Gasteiger partial charge in [0, 0.05) is 25.2 Å². The van der Waals surface area contributed by atoms with Gasteiger partial charge in [0.15, 0.2) is 0 Å². The topological polar surface area (TPSA) is 142 Å². The van der Waals surface area contributed by atoms with Gasteiger partial charge in [0.2, 0.25) is 17.7 Å². The lowest BCUT2D eigenvalue weighted by molar-refractivity contribution is -0.162. The average Bonchev–Trinajstić information content (AvgIpc) is 3.07. The first-order valence-electron chi connectivity index (χ1n) is 12.1. The van der Waals surface area contributed by atoms with Gasteiger partial charge in [-0.25, -0.2) is 0 Å². The summed E-state index contributed by atoms with van der Waals surface area (Å²) in [6, 6.07) is 3.63. The Balaban J connectivity index is 1.38. The van der Waals surface area contributed by atoms with E-state index in [-0.39, 0.29) is 48.3 Å². The van der Waals surface area contributed by atoms with Crippen molar-refractivity contribution in [3.8, 4) is 0 Å². The summed E-state index contributed by atoms with van der Waals surface area (Å²) >= 11 is 0. The van der Waals surface area contributed by atoms with Crippen LogP contribution < -0.4 is 10.6 Å². The van der Waals surface area contributed by atoms with Crippen LogP contribution in [-0.4, -0.2) is 76.6 Å². The number of likely N-dealkylation sites (tertiary alicyclic amines) is 1. The van der Waals surface area contributed by atoms with Gasteiger partial charge in [-0.05, 0) is 52.2 Å². The first-order chi connectivity index (χ1) is 17.0. The van der Waals surface area contributed by atoms with Crippen molar-refractivity contribution in [2.45, 2.75) is 58.1 Å². The zero-order chi connectivity index (χ0) is 26.2. The number of anilines is 1. The highest BCUT2D eigenvalue weighted by molar-refractivity contribution is 6.25. The molecule has 192 valence electrons. The Bertz CT molecular complexity index is 1130. The molecule has 2 N–H and O–H groups in total. The van der Waals surface area contributed by atoms with Crippen LogP contribution in [0.4, 0.5) is 5.69 Å². The number of fused-ring (bicyclic) bond motifs is 1. The second-order valence-corrected chi connectivity index (χ2v) is 10.2. The van der Waals surface area contributed by atoms with E-state index in [1.54, 1.807) is 17.0 Å². The maximum atomic E-state index is 13.2. The Kier molecular flexibility index (Phi) is 6.83. The minimum absolute atomic E-state index is 0.0358. The SMILES string of the molecule is CC(C)(C)OC(=O)C1CCN(C(=O)CNc2cccc3c2C(=O)N(C2CCC(=O)NC2=O)C3=O)CC1. The Morgan fingerprint density at radius 2 is 1.75 bits per heavy atom. The predicted octanol–water partition coefficient (Wildman–Crippen LogP) is 1.08. The Morgan fingerprint density at radius 1 is 1.06 bits per heavy atom. The smallest absolute Gasteiger partial charge is 0.309 e. The molecule has 2 fully saturated rings. The van der Waals surface area contributed by atoms with Crippen LogP contribution in [0.2, 0.25) is 0 Å². The standard InChI is InChI=1S/C25H30N4O7/c1-25(2,3)36-24(35)14-9-11-28(12-10-14)19(31)13-26-16-6-4-5-15-20(16)23(34)29(22(15)33)17-7-8-18(30)27-21(17)32/h4-6,14,17,26H,7-13H2,1-3H3,(H,27,30,32). The molecule has 0 radical (unpaired) electrons. The second-order valence-electron chi connectivity index (χ2n) is 10.2. The van der Waals surface area contributed by atoms with Gasteiger partial charge in [-0.2, -0.15) is 0 Å². The highest BCUT2D eigenvalue weighted by Gasteiger charge is 2.45. The highest BCUT2D eigenvalue weighted by atomic mass is 16.6. The van der Waals surface area contributed by atoms with Crippen LogP contribution in [-0.2, 0) is 23.9 Å². The van der Waals surface area contributed by atoms with E-state index in [0.717, 1.165) is 4.90 Å². The Morgan fingerprint density at radius 3 is 2.39 bits per heavy atom. The van der Waals surface area contributed by atoms with Crippen molar-refractivity contribution in [2.24, 2.45) is 5.92 Å². The van der Waals surface area contributed by atoms with E-state index in [0.29, 0.717) is 31.6 Å². The number of ether oxygens (including phenoxy) is 1. The van der Waals surface area contributed by atoms with Crippen molar-refractivity contribution < 1.29 is 33.5 Å². The van der Waals surface area contributed by atoms with Gasteiger partial charge in [-0.3, -0.25) is 39.0 Å². The summed E-state index contributed by atoms with van der Waals surface area (Å²) in [5, 5.41) is 5.13. The molecule has 36 heavy (non-hydrogen) atoms. The molecule has 11 heteroatoms. The van der Waals surface area contributed by atoms with Gasteiger partial charge in [0.1, 0.15) is 11.6 Å². The number of rotatable bonds is 5. The van der Waals surface area contributed by atoms with Gasteiger partial charge in [-0.1, -0.05) is 6.07 Å². The molecule has 0 bridgehead atoms. The fourth-order valence-corrected chi connectivity index (χ4v) is 4.69. The van der Waals surface area contributed by atoms with Crippen molar-refractivity contribution in [1.82, 2.24) is 15.1 Å². The summed E-state index contributed by atoms with van der Waals surface area (Å²) in [5.41, 5.74) is -0.00199. The number of hydrogen-bond acceptors (Lipinski definition) is 8. The molecule has 1 atom stereocenters. The number of benzene rings is 1. The van der Waals surface area contributed by atoms with Crippen LogP contribution in [0.3, 0.4) is 0 Å². The maximum Gasteiger partial charge on any atom is 0.309 e. The summed E-state index contributed by atoms with van der Waals surface area (Å²) in [6.45, 7) is 6.18. The Hall–Kier alpha value is -3.76. The van der Waals surface area contributed by atoms with Crippen molar-refractivity contribution in [3.63, 3.8) is 0 Å². The number of piperidine rings is 2. The van der Waals surface area contributed by atoms with Crippen LogP contribution in [0.1, 0.15) is 67.2 Å². The second kappa shape index (κ2) is 9.71. The molecule has 11 nitrogen and oxygen atoms in total. The largest absolute Gasteiger partial charge is 0.460 e. The lowest BCUT2D eigenvalue weighted by atomic mass is 9.96. The Labute approximate surface area is 208 Å². The minimum Gasteiger partial charge on any atom is -0.460 e. The number of hydrogen-bond donors (Lipinski definition) is 2. The molecule has 0 aromatic heterocycles. The summed E-state index contributed by atoms with van der Waals surface area (Å²) in [7, 11) is 0. The fraction of sp³-hybridized carbons (Fsp3) is 0.520. The van der Waals surface area contributed by atoms with Crippen molar-refractivity contribution in [3.05, 3.63) is 29.3 Å². The first-order valence-corrected chi connectivity index (χ1v) is 12.1. The molecule has 0 spiro atoms. The molecule has 4 rings (SSSR count). The summed E-state index contributed by atoms with van der Waals surface area (Å²) < 4.78 is 5.44. The molecule has 0 saturated carbocycles. The molecule has 0 aliphatic carbocycles. The van der Waals surface area contributed by atoms with Crippen LogP contribution in [0, 0.1) is 5.92 Å². The van der Waals surface area contributed by atoms with E-state index in [4.69, 9.17) is 4.74 Å². The van der Waals surface area contributed by atoms with Crippen LogP contribution >= 0.6 is 0 Å². The molecular weight excluding hydrogens is 468 g/mol. The monoisotopic (exact) mass is 498 g/mol. The van der Waals surface area contributed by atoms with Gasteiger partial charge >= 0.3 is 5.97 Å². The lowest BCUT2D eigenvalue weighted by Gasteiger charge is -2.32. The third kappa shape index (κ3) is 5.09. The van der Waals surface area contributed by atoms with E-state index >= 15 is 0 Å². The van der Waals surface area contributed by atoms with Crippen molar-refractivity contribution in [1.29, 1.82) is 0 Å². The minimum atomic E-state index is -1.06. The van der Waals surface area contributed by atoms with E-state index in [1.165, 1.54) is 6.07 Å². The molecular formula is C25H30N4O7. The summed E-state index contributed by atoms with van der Waals surface area (Å²) in [5.74, 6) is -3.07. The number of carbonyl (C=O) groups excluding carboxylic acids is 6. The normalized spacial score (nSPS) is 20.8. The molecule has 2 saturated heterocycles. The zero-order valence-electron chi connectivity index (χ0n) is 20.6. The third-order valence-corrected chi connectivity index (χ3v) is 6.49. The highest BCUT2D eigenvalue weighted by Crippen LogP contribution is 2.32. The first kappa shape index (κ1) is 25.3. The van der Waals surface area contributed by atoms with Crippen molar-refractivity contribution >= 4 is 41.2 Å². The number of imide groups is 2. The average molecular weight is 499 g/mol. The molecule has 3 aliphatic rings. The van der Waals surface area contributed by atoms with E-state index < -0.39 is 35.3 Å². The molecule has 5 amide bonds. The molecule has 3 aliphatic heterocycles. The number of amides is 5. The number of nitrogens with zero attached hydrogens (tertiary/aromatic N) is 2. The van der Waals surface area contributed by atoms with Gasteiger partial charge < -0.3 is 15.0 Å². The van der Waals surface area contributed by atoms with E-state index in [1.807, 2.05) is 20.8 Å². The summed E-state index contributed by atoms with van der Waals surface area (Å²) in [6.07, 6.45) is 1.12.